The molecular formula is C20H21N3O5. The summed E-state index contributed by atoms with van der Waals surface area (Å²) >= 11 is 0. The number of aromatic nitrogens is 3. The lowest BCUT2D eigenvalue weighted by Crippen LogP contribution is -2.25. The third kappa shape index (κ3) is 3.80. The van der Waals surface area contributed by atoms with E-state index < -0.39 is 12.1 Å². The quantitative estimate of drug-likeness (QED) is 0.491. The van der Waals surface area contributed by atoms with Gasteiger partial charge in [-0.25, -0.2) is 4.79 Å². The molecule has 8 nitrogen and oxygen atoms in total. The lowest BCUT2D eigenvalue weighted by Gasteiger charge is -2.14. The van der Waals surface area contributed by atoms with Gasteiger partial charge in [-0.15, -0.1) is 10.2 Å². The molecule has 3 rings (SSSR count). The van der Waals surface area contributed by atoms with Crippen molar-refractivity contribution in [2.75, 3.05) is 6.61 Å². The minimum absolute atomic E-state index is 0.253. The average Bonchev–Trinajstić information content (AvgIpc) is 3.30. The zero-order valence-electron chi connectivity index (χ0n) is 16.1. The number of rotatable bonds is 7. The molecule has 0 bridgehead atoms. The van der Waals surface area contributed by atoms with Gasteiger partial charge in [0.15, 0.2) is 6.10 Å². The molecule has 8 heteroatoms. The Balaban J connectivity index is 1.74. The number of benzene rings is 1. The summed E-state index contributed by atoms with van der Waals surface area (Å²) in [5, 5.41) is 7.48. The second-order valence-electron chi connectivity index (χ2n) is 6.24. The number of nitrogens with one attached hydrogen (secondary N) is 1. The molecule has 0 saturated heterocycles. The van der Waals surface area contributed by atoms with Crippen molar-refractivity contribution in [2.24, 2.45) is 0 Å². The van der Waals surface area contributed by atoms with E-state index >= 15 is 0 Å². The minimum Gasteiger partial charge on any atom is -0.483 e. The van der Waals surface area contributed by atoms with Crippen LogP contribution in [0, 0.1) is 13.8 Å². The van der Waals surface area contributed by atoms with Crippen molar-refractivity contribution in [3.05, 3.63) is 53.2 Å². The number of Topliss-reactive ketones (excluding diaryl/α,β-unsaturated/α-hetero) is 1. The predicted molar refractivity (Wildman–Crippen MR) is 100 cm³/mol. The van der Waals surface area contributed by atoms with Gasteiger partial charge in [-0.3, -0.25) is 4.79 Å². The Bertz CT molecular complexity index is 974. The van der Waals surface area contributed by atoms with Crippen LogP contribution in [-0.4, -0.2) is 39.6 Å². The molecule has 0 aliphatic rings. The number of aryl methyl sites for hydroxylation is 1. The van der Waals surface area contributed by atoms with Gasteiger partial charge in [-0.05, 0) is 57.5 Å². The smallest absolute Gasteiger partial charge is 0.340 e. The van der Waals surface area contributed by atoms with Crippen molar-refractivity contribution < 1.29 is 23.5 Å². The first-order valence-electron chi connectivity index (χ1n) is 8.86. The largest absolute Gasteiger partial charge is 0.483 e. The molecular weight excluding hydrogens is 362 g/mol. The molecule has 146 valence electrons. The summed E-state index contributed by atoms with van der Waals surface area (Å²) in [5.41, 5.74) is 2.63. The first-order chi connectivity index (χ1) is 13.4. The van der Waals surface area contributed by atoms with Crippen molar-refractivity contribution in [1.82, 2.24) is 15.2 Å². The molecule has 0 saturated carbocycles. The second-order valence-corrected chi connectivity index (χ2v) is 6.24. The molecule has 2 heterocycles. The fourth-order valence-corrected chi connectivity index (χ4v) is 2.94. The van der Waals surface area contributed by atoms with E-state index in [1.807, 2.05) is 0 Å². The highest BCUT2D eigenvalue weighted by Gasteiger charge is 2.26. The van der Waals surface area contributed by atoms with Crippen LogP contribution in [0.25, 0.3) is 11.5 Å². The third-order valence-electron chi connectivity index (χ3n) is 4.31. The van der Waals surface area contributed by atoms with Crippen molar-refractivity contribution in [1.29, 1.82) is 0 Å². The van der Waals surface area contributed by atoms with Gasteiger partial charge in [0, 0.05) is 11.3 Å². The molecule has 1 N–H and O–H groups in total. The number of ketones is 1. The highest BCUT2D eigenvalue weighted by Crippen LogP contribution is 2.24. The minimum atomic E-state index is -0.749. The van der Waals surface area contributed by atoms with Crippen LogP contribution in [0.3, 0.4) is 0 Å². The zero-order valence-corrected chi connectivity index (χ0v) is 16.1. The summed E-state index contributed by atoms with van der Waals surface area (Å²) in [5.74, 6) is 0.227. The third-order valence-corrected chi connectivity index (χ3v) is 4.31. The molecule has 0 amide bonds. The number of H-pyrrole nitrogens is 1. The maximum Gasteiger partial charge on any atom is 0.340 e. The molecule has 0 unspecified atom stereocenters. The second kappa shape index (κ2) is 8.08. The Morgan fingerprint density at radius 1 is 1.21 bits per heavy atom. The maximum atomic E-state index is 12.8. The molecule has 0 spiro atoms. The number of carbonyl (C=O) groups excluding carboxylic acids is 2. The fraction of sp³-hybridized carbons (Fsp3) is 0.300. The average molecular weight is 383 g/mol. The van der Waals surface area contributed by atoms with Gasteiger partial charge in [0.2, 0.25) is 18.1 Å². The van der Waals surface area contributed by atoms with E-state index in [1.54, 1.807) is 52.0 Å². The van der Waals surface area contributed by atoms with Gasteiger partial charge in [-0.2, -0.15) is 0 Å². The Morgan fingerprint density at radius 2 is 1.93 bits per heavy atom. The Kier molecular flexibility index (Phi) is 5.58. The van der Waals surface area contributed by atoms with Crippen LogP contribution in [0.1, 0.15) is 46.0 Å². The lowest BCUT2D eigenvalue weighted by atomic mass is 10.1. The summed E-state index contributed by atoms with van der Waals surface area (Å²) in [6.07, 6.45) is 0.507. The Hall–Kier alpha value is -3.42. The number of hydrogen-bond donors (Lipinski definition) is 1. The van der Waals surface area contributed by atoms with Crippen LogP contribution in [0.4, 0.5) is 0 Å². The van der Waals surface area contributed by atoms with Crippen LogP contribution >= 0.6 is 0 Å². The van der Waals surface area contributed by atoms with Gasteiger partial charge in [0.1, 0.15) is 5.75 Å². The van der Waals surface area contributed by atoms with E-state index in [2.05, 4.69) is 15.2 Å². The van der Waals surface area contributed by atoms with E-state index in [1.165, 1.54) is 6.39 Å². The summed E-state index contributed by atoms with van der Waals surface area (Å²) in [7, 11) is 0. The van der Waals surface area contributed by atoms with E-state index in [9.17, 15) is 9.59 Å². The monoisotopic (exact) mass is 383 g/mol. The maximum absolute atomic E-state index is 12.8. The molecule has 0 aliphatic heterocycles. The summed E-state index contributed by atoms with van der Waals surface area (Å²) in [4.78, 5) is 27.9. The molecule has 28 heavy (non-hydrogen) atoms. The topological polar surface area (TPSA) is 107 Å². The molecule has 0 aliphatic carbocycles. The SMILES string of the molecule is CCOC(=O)c1c(C)[nH]c(C(=O)[C@H](C)Oc2ccc(-c3nnco3)cc2)c1C. The van der Waals surface area contributed by atoms with Crippen LogP contribution in [0.15, 0.2) is 35.1 Å². The highest BCUT2D eigenvalue weighted by molar-refractivity contribution is 6.03. The van der Waals surface area contributed by atoms with E-state index in [-0.39, 0.29) is 12.4 Å². The summed E-state index contributed by atoms with van der Waals surface area (Å²) in [6, 6.07) is 6.98. The molecule has 0 radical (unpaired) electrons. The number of aromatic amines is 1. The van der Waals surface area contributed by atoms with Crippen molar-refractivity contribution in [2.45, 2.75) is 33.8 Å². The Morgan fingerprint density at radius 3 is 2.54 bits per heavy atom. The highest BCUT2D eigenvalue weighted by atomic mass is 16.5. The van der Waals surface area contributed by atoms with Crippen LogP contribution < -0.4 is 4.74 Å². The van der Waals surface area contributed by atoms with E-state index in [4.69, 9.17) is 13.9 Å². The van der Waals surface area contributed by atoms with Crippen molar-refractivity contribution in [3.63, 3.8) is 0 Å². The number of hydrogen-bond acceptors (Lipinski definition) is 7. The fourth-order valence-electron chi connectivity index (χ4n) is 2.94. The van der Waals surface area contributed by atoms with Gasteiger partial charge in [0.25, 0.3) is 0 Å². The first kappa shape index (κ1) is 19.3. The van der Waals surface area contributed by atoms with Crippen molar-refractivity contribution in [3.8, 4) is 17.2 Å². The summed E-state index contributed by atoms with van der Waals surface area (Å²) in [6.45, 7) is 7.12. The van der Waals surface area contributed by atoms with E-state index in [0.717, 1.165) is 5.56 Å². The molecule has 2 aromatic heterocycles. The van der Waals surface area contributed by atoms with Gasteiger partial charge >= 0.3 is 5.97 Å². The van der Waals surface area contributed by atoms with Crippen LogP contribution in [0.5, 0.6) is 5.75 Å². The standard InChI is InChI=1S/C20H21N3O5/c1-5-26-20(25)16-11(2)17(22-12(16)3)18(24)13(4)28-15-8-6-14(7-9-15)19-23-21-10-27-19/h6-10,13,22H,5H2,1-4H3/t13-/m0/s1. The van der Waals surface area contributed by atoms with Gasteiger partial charge in [-0.1, -0.05) is 0 Å². The number of nitrogens with zero attached hydrogens (tertiary/aromatic N) is 2. The first-order valence-corrected chi connectivity index (χ1v) is 8.86. The van der Waals surface area contributed by atoms with Gasteiger partial charge < -0.3 is 18.9 Å². The van der Waals surface area contributed by atoms with E-state index in [0.29, 0.717) is 34.2 Å². The van der Waals surface area contributed by atoms with Crippen LogP contribution in [-0.2, 0) is 4.74 Å². The zero-order chi connectivity index (χ0) is 20.3. The molecule has 0 fully saturated rings. The van der Waals surface area contributed by atoms with Crippen molar-refractivity contribution >= 4 is 11.8 Å². The van der Waals surface area contributed by atoms with Crippen LogP contribution in [0.2, 0.25) is 0 Å². The number of esters is 1. The Labute approximate surface area is 161 Å². The molecule has 3 aromatic rings. The molecule has 1 aromatic carbocycles. The molecule has 1 atom stereocenters. The predicted octanol–water partition coefficient (Wildman–Crippen LogP) is 3.51. The normalized spacial score (nSPS) is 11.9. The lowest BCUT2D eigenvalue weighted by molar-refractivity contribution is 0.0525. The number of carbonyl (C=O) groups is 2. The van der Waals surface area contributed by atoms with Gasteiger partial charge in [0.05, 0.1) is 17.9 Å². The summed E-state index contributed by atoms with van der Waals surface area (Å²) < 4.78 is 16.0. The number of ether oxygens (including phenoxy) is 2.